The number of hydrogen-bond donors (Lipinski definition) is 1. The molecule has 0 aliphatic carbocycles. The highest BCUT2D eigenvalue weighted by atomic mass is 32.2. The molecule has 146 valence electrons. The summed E-state index contributed by atoms with van der Waals surface area (Å²) < 4.78 is 54.5. The number of rotatable bonds is 7. The fourth-order valence-corrected chi connectivity index (χ4v) is 3.28. The standard InChI is InChI=1S/C18H20F2N2O4S/c1-12(13-6-4-8-15(10-13)26-18(19)20)21-17(23)14-7-5-9-16(11-14)27(24,25)22(2)3/h4-12,18H,1-3H3,(H,21,23). The number of carbonyl (C=O) groups is 1. The van der Waals surface area contributed by atoms with E-state index in [4.69, 9.17) is 0 Å². The molecule has 9 heteroatoms. The number of nitrogens with one attached hydrogen (secondary N) is 1. The zero-order valence-electron chi connectivity index (χ0n) is 15.0. The maximum absolute atomic E-state index is 12.5. The second kappa shape index (κ2) is 8.45. The second-order valence-electron chi connectivity index (χ2n) is 5.96. The third-order valence-electron chi connectivity index (χ3n) is 3.81. The lowest BCUT2D eigenvalue weighted by Crippen LogP contribution is -2.27. The molecule has 0 saturated heterocycles. The molecule has 0 aromatic heterocycles. The van der Waals surface area contributed by atoms with Gasteiger partial charge in [0.15, 0.2) is 0 Å². The van der Waals surface area contributed by atoms with Crippen molar-refractivity contribution in [3.63, 3.8) is 0 Å². The van der Waals surface area contributed by atoms with E-state index in [2.05, 4.69) is 10.1 Å². The monoisotopic (exact) mass is 398 g/mol. The molecule has 0 heterocycles. The molecular weight excluding hydrogens is 378 g/mol. The van der Waals surface area contributed by atoms with Crippen molar-refractivity contribution < 1.29 is 26.7 Å². The van der Waals surface area contributed by atoms with Gasteiger partial charge in [0.2, 0.25) is 10.0 Å². The van der Waals surface area contributed by atoms with E-state index in [1.165, 1.54) is 50.5 Å². The third-order valence-corrected chi connectivity index (χ3v) is 5.62. The van der Waals surface area contributed by atoms with E-state index in [0.29, 0.717) is 5.56 Å². The van der Waals surface area contributed by atoms with Gasteiger partial charge in [-0.25, -0.2) is 12.7 Å². The lowest BCUT2D eigenvalue weighted by molar-refractivity contribution is -0.0499. The summed E-state index contributed by atoms with van der Waals surface area (Å²) in [5.74, 6) is -0.499. The van der Waals surface area contributed by atoms with Crippen LogP contribution in [0.25, 0.3) is 0 Å². The number of ether oxygens (including phenoxy) is 1. The van der Waals surface area contributed by atoms with Gasteiger partial charge < -0.3 is 10.1 Å². The number of amides is 1. The van der Waals surface area contributed by atoms with Crippen LogP contribution in [0.4, 0.5) is 8.78 Å². The Bertz CT molecular complexity index is 917. The van der Waals surface area contributed by atoms with Gasteiger partial charge in [0.25, 0.3) is 5.91 Å². The molecule has 27 heavy (non-hydrogen) atoms. The van der Waals surface area contributed by atoms with Crippen LogP contribution >= 0.6 is 0 Å². The Balaban J connectivity index is 2.18. The third kappa shape index (κ3) is 5.24. The molecule has 2 aromatic rings. The molecule has 0 aliphatic rings. The summed E-state index contributed by atoms with van der Waals surface area (Å²) in [5, 5.41) is 2.71. The lowest BCUT2D eigenvalue weighted by atomic mass is 10.1. The molecule has 1 N–H and O–H groups in total. The van der Waals surface area contributed by atoms with Crippen molar-refractivity contribution in [2.45, 2.75) is 24.5 Å². The van der Waals surface area contributed by atoms with Gasteiger partial charge in [0.05, 0.1) is 10.9 Å². The van der Waals surface area contributed by atoms with Gasteiger partial charge in [0.1, 0.15) is 5.75 Å². The summed E-state index contributed by atoms with van der Waals surface area (Å²) in [7, 11) is -0.862. The maximum atomic E-state index is 12.5. The highest BCUT2D eigenvalue weighted by molar-refractivity contribution is 7.89. The molecule has 0 fully saturated rings. The first kappa shape index (κ1) is 20.8. The van der Waals surface area contributed by atoms with Gasteiger partial charge >= 0.3 is 6.61 Å². The number of alkyl halides is 2. The van der Waals surface area contributed by atoms with Crippen molar-refractivity contribution in [3.05, 3.63) is 59.7 Å². The number of benzene rings is 2. The minimum atomic E-state index is -3.66. The second-order valence-corrected chi connectivity index (χ2v) is 8.11. The topological polar surface area (TPSA) is 75.7 Å². The summed E-state index contributed by atoms with van der Waals surface area (Å²) in [6.07, 6.45) is 0. The van der Waals surface area contributed by atoms with Crippen LogP contribution in [-0.4, -0.2) is 39.3 Å². The number of nitrogens with zero attached hydrogens (tertiary/aromatic N) is 1. The number of halogens is 2. The molecule has 0 spiro atoms. The average Bonchev–Trinajstić information content (AvgIpc) is 2.61. The maximum Gasteiger partial charge on any atom is 0.387 e. The Kier molecular flexibility index (Phi) is 6.50. The van der Waals surface area contributed by atoms with Gasteiger partial charge in [-0.2, -0.15) is 8.78 Å². The van der Waals surface area contributed by atoms with Gasteiger partial charge in [0, 0.05) is 19.7 Å². The molecule has 0 aliphatic heterocycles. The fraction of sp³-hybridized carbons (Fsp3) is 0.278. The Labute approximate surface area is 156 Å². The highest BCUT2D eigenvalue weighted by Gasteiger charge is 2.19. The Morgan fingerprint density at radius 3 is 2.41 bits per heavy atom. The summed E-state index contributed by atoms with van der Waals surface area (Å²) in [6.45, 7) is -1.26. The predicted molar refractivity (Wildman–Crippen MR) is 96.3 cm³/mol. The Hall–Kier alpha value is -2.52. The van der Waals surface area contributed by atoms with E-state index in [1.807, 2.05) is 0 Å². The van der Waals surface area contributed by atoms with Gasteiger partial charge in [-0.1, -0.05) is 18.2 Å². The summed E-state index contributed by atoms with van der Waals surface area (Å²) in [6, 6.07) is 11.2. The minimum Gasteiger partial charge on any atom is -0.435 e. The molecule has 0 radical (unpaired) electrons. The zero-order chi connectivity index (χ0) is 20.2. The highest BCUT2D eigenvalue weighted by Crippen LogP contribution is 2.21. The van der Waals surface area contributed by atoms with Crippen molar-refractivity contribution in [1.29, 1.82) is 0 Å². The van der Waals surface area contributed by atoms with Crippen molar-refractivity contribution in [2.24, 2.45) is 0 Å². The molecule has 6 nitrogen and oxygen atoms in total. The van der Waals surface area contributed by atoms with Crippen LogP contribution in [0.3, 0.4) is 0 Å². The van der Waals surface area contributed by atoms with Crippen LogP contribution in [0.5, 0.6) is 5.75 Å². The van der Waals surface area contributed by atoms with Crippen LogP contribution < -0.4 is 10.1 Å². The Morgan fingerprint density at radius 1 is 1.11 bits per heavy atom. The first-order chi connectivity index (χ1) is 12.6. The molecule has 2 rings (SSSR count). The fourth-order valence-electron chi connectivity index (χ4n) is 2.33. The van der Waals surface area contributed by atoms with Gasteiger partial charge in [-0.3, -0.25) is 4.79 Å². The molecule has 1 unspecified atom stereocenters. The predicted octanol–water partition coefficient (Wildman–Crippen LogP) is 3.03. The molecule has 1 atom stereocenters. The van der Waals surface area contributed by atoms with E-state index in [0.717, 1.165) is 4.31 Å². The van der Waals surface area contributed by atoms with Crippen LogP contribution in [0, 0.1) is 0 Å². The van der Waals surface area contributed by atoms with E-state index in [9.17, 15) is 22.0 Å². The van der Waals surface area contributed by atoms with Crippen LogP contribution in [0.2, 0.25) is 0 Å². The normalized spacial score (nSPS) is 12.9. The number of hydrogen-bond acceptors (Lipinski definition) is 4. The first-order valence-corrected chi connectivity index (χ1v) is 9.43. The Morgan fingerprint density at radius 2 is 1.78 bits per heavy atom. The molecule has 2 aromatic carbocycles. The molecule has 0 bridgehead atoms. The number of sulfonamides is 1. The van der Waals surface area contributed by atoms with Crippen LogP contribution in [0.1, 0.15) is 28.9 Å². The van der Waals surface area contributed by atoms with Gasteiger partial charge in [-0.15, -0.1) is 0 Å². The summed E-state index contributed by atoms with van der Waals surface area (Å²) >= 11 is 0. The quantitative estimate of drug-likeness (QED) is 0.778. The molecule has 0 saturated carbocycles. The minimum absolute atomic E-state index is 0.000124. The molecule has 1 amide bonds. The smallest absolute Gasteiger partial charge is 0.387 e. The van der Waals surface area contributed by atoms with Crippen molar-refractivity contribution in [2.75, 3.05) is 14.1 Å². The van der Waals surface area contributed by atoms with Crippen LogP contribution in [-0.2, 0) is 10.0 Å². The SMILES string of the molecule is CC(NC(=O)c1cccc(S(=O)(=O)N(C)C)c1)c1cccc(OC(F)F)c1. The lowest BCUT2D eigenvalue weighted by Gasteiger charge is -2.16. The zero-order valence-corrected chi connectivity index (χ0v) is 15.8. The van der Waals surface area contributed by atoms with Crippen molar-refractivity contribution in [3.8, 4) is 5.75 Å². The van der Waals surface area contributed by atoms with E-state index in [1.54, 1.807) is 19.1 Å². The van der Waals surface area contributed by atoms with E-state index < -0.39 is 28.6 Å². The summed E-state index contributed by atoms with van der Waals surface area (Å²) in [5.41, 5.74) is 0.739. The van der Waals surface area contributed by atoms with Gasteiger partial charge in [-0.05, 0) is 42.8 Å². The average molecular weight is 398 g/mol. The largest absolute Gasteiger partial charge is 0.435 e. The van der Waals surface area contributed by atoms with E-state index >= 15 is 0 Å². The van der Waals surface area contributed by atoms with Crippen molar-refractivity contribution in [1.82, 2.24) is 9.62 Å². The molecular formula is C18H20F2N2O4S. The van der Waals surface area contributed by atoms with E-state index in [-0.39, 0.29) is 16.2 Å². The van der Waals surface area contributed by atoms with Crippen LogP contribution in [0.15, 0.2) is 53.4 Å². The summed E-state index contributed by atoms with van der Waals surface area (Å²) in [4.78, 5) is 12.5. The first-order valence-electron chi connectivity index (χ1n) is 7.99. The number of carbonyl (C=O) groups excluding carboxylic acids is 1. The van der Waals surface area contributed by atoms with Crippen molar-refractivity contribution >= 4 is 15.9 Å².